The van der Waals surface area contributed by atoms with Crippen molar-refractivity contribution in [2.45, 2.75) is 65.4 Å². The van der Waals surface area contributed by atoms with Crippen molar-refractivity contribution in [3.8, 4) is 0 Å². The summed E-state index contributed by atoms with van der Waals surface area (Å²) in [5, 5.41) is 10.2. The lowest BCUT2D eigenvalue weighted by atomic mass is 9.67. The number of fused-ring (bicyclic) bond motifs is 1. The molecule has 1 nitrogen and oxygen atoms in total. The second-order valence-corrected chi connectivity index (χ2v) is 6.86. The van der Waals surface area contributed by atoms with Crippen molar-refractivity contribution in [1.29, 1.82) is 0 Å². The van der Waals surface area contributed by atoms with Crippen LogP contribution in [0.3, 0.4) is 0 Å². The van der Waals surface area contributed by atoms with E-state index in [0.29, 0.717) is 5.41 Å². The molecule has 0 unspecified atom stereocenters. The van der Waals surface area contributed by atoms with Gasteiger partial charge in [0, 0.05) is 0 Å². The molecule has 2 aliphatic rings. The van der Waals surface area contributed by atoms with Gasteiger partial charge in [-0.3, -0.25) is 0 Å². The molecule has 0 aliphatic heterocycles. The molecule has 0 aromatic carbocycles. The van der Waals surface area contributed by atoms with Gasteiger partial charge < -0.3 is 5.11 Å². The minimum atomic E-state index is -0.562. The summed E-state index contributed by atoms with van der Waals surface area (Å²) in [5.74, 6) is 1.52. The lowest BCUT2D eigenvalue weighted by Gasteiger charge is -2.40. The highest BCUT2D eigenvalue weighted by molar-refractivity contribution is 5.25. The first-order valence-corrected chi connectivity index (χ1v) is 6.77. The van der Waals surface area contributed by atoms with Crippen LogP contribution in [0.1, 0.15) is 59.8 Å². The first-order chi connectivity index (χ1) is 7.32. The van der Waals surface area contributed by atoms with Gasteiger partial charge in [-0.2, -0.15) is 0 Å². The number of hydrogen-bond donors (Lipinski definition) is 1. The predicted molar refractivity (Wildman–Crippen MR) is 68.2 cm³/mol. The maximum Gasteiger partial charge on any atom is 0.0802 e. The Labute approximate surface area is 99.9 Å². The van der Waals surface area contributed by atoms with Gasteiger partial charge >= 0.3 is 0 Å². The summed E-state index contributed by atoms with van der Waals surface area (Å²) in [7, 11) is 0. The highest BCUT2D eigenvalue weighted by atomic mass is 16.3. The Morgan fingerprint density at radius 3 is 2.56 bits per heavy atom. The normalized spacial score (nSPS) is 43.2. The van der Waals surface area contributed by atoms with Crippen LogP contribution in [0.15, 0.2) is 11.6 Å². The molecule has 2 rings (SSSR count). The highest BCUT2D eigenvalue weighted by Gasteiger charge is 2.40. The van der Waals surface area contributed by atoms with Gasteiger partial charge in [0.05, 0.1) is 5.60 Å². The fourth-order valence-electron chi connectivity index (χ4n) is 3.62. The zero-order chi connectivity index (χ0) is 12.0. The average molecular weight is 222 g/mol. The molecule has 1 saturated carbocycles. The second kappa shape index (κ2) is 3.87. The Morgan fingerprint density at radius 1 is 1.19 bits per heavy atom. The minimum absolute atomic E-state index is 0.292. The number of hydrogen-bond acceptors (Lipinski definition) is 1. The van der Waals surface area contributed by atoms with Crippen LogP contribution in [0.25, 0.3) is 0 Å². The van der Waals surface area contributed by atoms with Gasteiger partial charge in [0.2, 0.25) is 0 Å². The van der Waals surface area contributed by atoms with Gasteiger partial charge in [-0.05, 0) is 43.4 Å². The SMILES string of the molecule is C[C@@H]1CCCC(C)(C)C2=C[C@@](C)(O)CC[C@H]21. The van der Waals surface area contributed by atoms with E-state index in [0.717, 1.165) is 18.3 Å². The summed E-state index contributed by atoms with van der Waals surface area (Å²) in [6, 6.07) is 0. The fourth-order valence-corrected chi connectivity index (χ4v) is 3.62. The lowest BCUT2D eigenvalue weighted by Crippen LogP contribution is -2.34. The van der Waals surface area contributed by atoms with Gasteiger partial charge in [-0.25, -0.2) is 0 Å². The van der Waals surface area contributed by atoms with E-state index in [9.17, 15) is 5.11 Å². The molecule has 0 spiro atoms. The topological polar surface area (TPSA) is 20.2 Å². The number of aliphatic hydroxyl groups is 1. The van der Waals surface area contributed by atoms with Crippen LogP contribution in [0, 0.1) is 17.3 Å². The Hall–Kier alpha value is -0.300. The van der Waals surface area contributed by atoms with Gasteiger partial charge in [0.25, 0.3) is 0 Å². The van der Waals surface area contributed by atoms with Gasteiger partial charge in [0.15, 0.2) is 0 Å². The fraction of sp³-hybridized carbons (Fsp3) is 0.867. The van der Waals surface area contributed by atoms with Crippen LogP contribution in [-0.2, 0) is 0 Å². The third-order valence-corrected chi connectivity index (χ3v) is 4.76. The Bertz CT molecular complexity index is 299. The molecule has 92 valence electrons. The first kappa shape index (κ1) is 12.2. The predicted octanol–water partition coefficient (Wildman–Crippen LogP) is 3.92. The summed E-state index contributed by atoms with van der Waals surface area (Å²) in [6.45, 7) is 9.05. The van der Waals surface area contributed by atoms with E-state index in [1.165, 1.54) is 31.3 Å². The summed E-state index contributed by atoms with van der Waals surface area (Å²) < 4.78 is 0. The van der Waals surface area contributed by atoms with E-state index in [-0.39, 0.29) is 0 Å². The van der Waals surface area contributed by atoms with E-state index in [4.69, 9.17) is 0 Å². The van der Waals surface area contributed by atoms with E-state index in [2.05, 4.69) is 26.8 Å². The number of rotatable bonds is 0. The van der Waals surface area contributed by atoms with Crippen LogP contribution in [0.4, 0.5) is 0 Å². The summed E-state index contributed by atoms with van der Waals surface area (Å²) in [5.41, 5.74) is 1.27. The molecule has 0 heterocycles. The molecule has 2 aliphatic carbocycles. The molecule has 0 saturated heterocycles. The summed E-state index contributed by atoms with van der Waals surface area (Å²) in [6.07, 6.45) is 8.25. The third-order valence-electron chi connectivity index (χ3n) is 4.76. The van der Waals surface area contributed by atoms with Gasteiger partial charge in [-0.1, -0.05) is 45.3 Å². The van der Waals surface area contributed by atoms with E-state index >= 15 is 0 Å². The molecule has 3 atom stereocenters. The van der Waals surface area contributed by atoms with Crippen molar-refractivity contribution in [3.05, 3.63) is 11.6 Å². The average Bonchev–Trinajstić information content (AvgIpc) is 2.24. The Balaban J connectivity index is 2.39. The van der Waals surface area contributed by atoms with Crippen LogP contribution in [0.2, 0.25) is 0 Å². The molecule has 0 aromatic rings. The second-order valence-electron chi connectivity index (χ2n) is 6.86. The van der Waals surface area contributed by atoms with Gasteiger partial charge in [0.1, 0.15) is 0 Å². The molecular formula is C15H26O. The maximum absolute atomic E-state index is 10.2. The Morgan fingerprint density at radius 2 is 1.88 bits per heavy atom. The van der Waals surface area contributed by atoms with Gasteiger partial charge in [-0.15, -0.1) is 0 Å². The molecule has 0 bridgehead atoms. The maximum atomic E-state index is 10.2. The third kappa shape index (κ3) is 2.20. The molecule has 0 amide bonds. The van der Waals surface area contributed by atoms with Crippen molar-refractivity contribution < 1.29 is 5.11 Å². The molecule has 16 heavy (non-hydrogen) atoms. The van der Waals surface area contributed by atoms with Crippen LogP contribution in [0.5, 0.6) is 0 Å². The van der Waals surface area contributed by atoms with Crippen molar-refractivity contribution in [2.24, 2.45) is 17.3 Å². The van der Waals surface area contributed by atoms with Crippen molar-refractivity contribution in [2.75, 3.05) is 0 Å². The summed E-state index contributed by atoms with van der Waals surface area (Å²) >= 11 is 0. The highest BCUT2D eigenvalue weighted by Crippen LogP contribution is 2.49. The lowest BCUT2D eigenvalue weighted by molar-refractivity contribution is 0.0757. The summed E-state index contributed by atoms with van der Waals surface area (Å²) in [4.78, 5) is 0. The van der Waals surface area contributed by atoms with Crippen molar-refractivity contribution >= 4 is 0 Å². The first-order valence-electron chi connectivity index (χ1n) is 6.77. The molecule has 1 heteroatoms. The molecular weight excluding hydrogens is 196 g/mol. The monoisotopic (exact) mass is 222 g/mol. The van der Waals surface area contributed by atoms with E-state index in [1.807, 2.05) is 6.92 Å². The van der Waals surface area contributed by atoms with E-state index < -0.39 is 5.60 Å². The smallest absolute Gasteiger partial charge is 0.0802 e. The molecule has 0 radical (unpaired) electrons. The van der Waals surface area contributed by atoms with Crippen LogP contribution >= 0.6 is 0 Å². The van der Waals surface area contributed by atoms with Crippen LogP contribution < -0.4 is 0 Å². The van der Waals surface area contributed by atoms with E-state index in [1.54, 1.807) is 0 Å². The van der Waals surface area contributed by atoms with Crippen molar-refractivity contribution in [1.82, 2.24) is 0 Å². The molecule has 1 N–H and O–H groups in total. The zero-order valence-corrected chi connectivity index (χ0v) is 11.2. The Kier molecular flexibility index (Phi) is 2.94. The van der Waals surface area contributed by atoms with Crippen LogP contribution in [-0.4, -0.2) is 10.7 Å². The van der Waals surface area contributed by atoms with Crippen molar-refractivity contribution in [3.63, 3.8) is 0 Å². The largest absolute Gasteiger partial charge is 0.386 e. The molecule has 1 fully saturated rings. The standard InChI is InChI=1S/C15H26O/c1-11-6-5-8-14(2,3)13-10-15(4,16)9-7-12(11)13/h10-12,16H,5-9H2,1-4H3/t11-,12+,15+/m1/s1. The minimum Gasteiger partial charge on any atom is -0.386 e. The zero-order valence-electron chi connectivity index (χ0n) is 11.2. The molecule has 0 aromatic heterocycles. The quantitative estimate of drug-likeness (QED) is 0.616. The number of allylic oxidation sites excluding steroid dienone is 1.